The number of hydrogen-bond donors (Lipinski definition) is 2. The Bertz CT molecular complexity index is 218. The average molecular weight is 186 g/mol. The average Bonchev–Trinajstić information content (AvgIpc) is 2.03. The van der Waals surface area contributed by atoms with Crippen LogP contribution >= 0.6 is 0 Å². The van der Waals surface area contributed by atoms with E-state index in [2.05, 4.69) is 0 Å². The Morgan fingerprint density at radius 3 is 2.31 bits per heavy atom. The first-order chi connectivity index (χ1) is 6.07. The number of hydrogen-bond acceptors (Lipinski definition) is 2. The molecule has 4 heteroatoms. The number of aliphatic carboxylic acids is 2. The Labute approximate surface area is 76.9 Å². The quantitative estimate of drug-likeness (QED) is 0.618. The van der Waals surface area contributed by atoms with Gasteiger partial charge in [0.15, 0.2) is 0 Å². The molecule has 13 heavy (non-hydrogen) atoms. The first kappa shape index (κ1) is 11.7. The molecule has 0 aromatic rings. The van der Waals surface area contributed by atoms with Crippen molar-refractivity contribution >= 4 is 11.9 Å². The Morgan fingerprint density at radius 1 is 1.31 bits per heavy atom. The molecule has 0 aliphatic rings. The van der Waals surface area contributed by atoms with Crippen LogP contribution in [0, 0.1) is 0 Å². The van der Waals surface area contributed by atoms with Gasteiger partial charge < -0.3 is 10.2 Å². The van der Waals surface area contributed by atoms with Crippen molar-refractivity contribution < 1.29 is 19.8 Å². The van der Waals surface area contributed by atoms with E-state index in [-0.39, 0.29) is 12.0 Å². The zero-order valence-electron chi connectivity index (χ0n) is 7.62. The summed E-state index contributed by atoms with van der Waals surface area (Å²) in [6.07, 6.45) is 3.17. The molecule has 74 valence electrons. The molecule has 0 fully saturated rings. The minimum atomic E-state index is -1.02. The van der Waals surface area contributed by atoms with Gasteiger partial charge in [-0.3, -0.25) is 4.79 Å². The van der Waals surface area contributed by atoms with E-state index in [1.807, 2.05) is 6.92 Å². The Hall–Kier alpha value is -1.32. The van der Waals surface area contributed by atoms with Gasteiger partial charge in [0.05, 0.1) is 6.42 Å². The summed E-state index contributed by atoms with van der Waals surface area (Å²) in [5.74, 6) is -2.02. The highest BCUT2D eigenvalue weighted by Gasteiger charge is 2.06. The third-order valence-electron chi connectivity index (χ3n) is 1.60. The van der Waals surface area contributed by atoms with Crippen LogP contribution in [0.4, 0.5) is 0 Å². The minimum Gasteiger partial charge on any atom is -0.481 e. The molecule has 2 N–H and O–H groups in total. The van der Waals surface area contributed by atoms with Crippen molar-refractivity contribution in [2.75, 3.05) is 0 Å². The molecule has 0 heterocycles. The summed E-state index contributed by atoms with van der Waals surface area (Å²) in [6.45, 7) is 1.96. The molecule has 0 rings (SSSR count). The third-order valence-corrected chi connectivity index (χ3v) is 1.60. The van der Waals surface area contributed by atoms with Crippen LogP contribution in [0.5, 0.6) is 0 Å². The molecule has 0 bridgehead atoms. The maximum Gasteiger partial charge on any atom is 0.331 e. The van der Waals surface area contributed by atoms with E-state index in [4.69, 9.17) is 10.2 Å². The summed E-state index contributed by atoms with van der Waals surface area (Å²) in [7, 11) is 0. The van der Waals surface area contributed by atoms with E-state index < -0.39 is 11.9 Å². The molecule has 0 amide bonds. The molecule has 0 atom stereocenters. The lowest BCUT2D eigenvalue weighted by Gasteiger charge is -1.99. The normalized spacial score (nSPS) is 11.3. The predicted molar refractivity (Wildman–Crippen MR) is 47.5 cm³/mol. The molecule has 0 saturated heterocycles. The molecule has 0 aromatic carbocycles. The molecule has 0 radical (unpaired) electrons. The maximum atomic E-state index is 10.6. The van der Waals surface area contributed by atoms with Gasteiger partial charge in [0.25, 0.3) is 0 Å². The zero-order chi connectivity index (χ0) is 10.3. The molecule has 0 aliphatic carbocycles. The second-order valence-corrected chi connectivity index (χ2v) is 2.74. The van der Waals surface area contributed by atoms with Gasteiger partial charge in [-0.15, -0.1) is 0 Å². The van der Waals surface area contributed by atoms with Crippen LogP contribution in [-0.4, -0.2) is 22.2 Å². The van der Waals surface area contributed by atoms with Crippen molar-refractivity contribution in [3.05, 3.63) is 11.6 Å². The van der Waals surface area contributed by atoms with Crippen molar-refractivity contribution in [1.29, 1.82) is 0 Å². The Kier molecular flexibility index (Phi) is 5.59. The fourth-order valence-electron chi connectivity index (χ4n) is 0.874. The van der Waals surface area contributed by atoms with Crippen LogP contribution in [0.2, 0.25) is 0 Å². The molecule has 0 unspecified atom stereocenters. The van der Waals surface area contributed by atoms with Crippen LogP contribution in [0.3, 0.4) is 0 Å². The first-order valence-electron chi connectivity index (χ1n) is 4.22. The highest BCUT2D eigenvalue weighted by Crippen LogP contribution is 2.08. The van der Waals surface area contributed by atoms with Crippen LogP contribution in [0.25, 0.3) is 0 Å². The Morgan fingerprint density at radius 2 is 1.92 bits per heavy atom. The smallest absolute Gasteiger partial charge is 0.331 e. The number of carboxylic acid groups (broad SMARTS) is 2. The van der Waals surface area contributed by atoms with Gasteiger partial charge in [0.2, 0.25) is 0 Å². The summed E-state index contributed by atoms with van der Waals surface area (Å²) >= 11 is 0. The highest BCUT2D eigenvalue weighted by atomic mass is 16.4. The van der Waals surface area contributed by atoms with Gasteiger partial charge in [0, 0.05) is 5.57 Å². The fraction of sp³-hybridized carbons (Fsp3) is 0.556. The number of rotatable bonds is 6. The summed E-state index contributed by atoms with van der Waals surface area (Å²) in [5, 5.41) is 17.0. The zero-order valence-corrected chi connectivity index (χ0v) is 7.62. The van der Waals surface area contributed by atoms with Crippen LogP contribution in [-0.2, 0) is 9.59 Å². The summed E-state index contributed by atoms with van der Waals surface area (Å²) in [6, 6.07) is 0. The van der Waals surface area contributed by atoms with Crippen molar-refractivity contribution in [1.82, 2.24) is 0 Å². The molecule has 0 saturated carbocycles. The molecule has 0 aromatic heterocycles. The number of carbonyl (C=O) groups is 2. The van der Waals surface area contributed by atoms with Gasteiger partial charge >= 0.3 is 11.9 Å². The van der Waals surface area contributed by atoms with E-state index in [1.54, 1.807) is 0 Å². The molecule has 0 aliphatic heterocycles. The van der Waals surface area contributed by atoms with Gasteiger partial charge in [-0.2, -0.15) is 0 Å². The molecular weight excluding hydrogens is 172 g/mol. The van der Waals surface area contributed by atoms with Gasteiger partial charge in [-0.05, 0) is 12.8 Å². The molecule has 0 spiro atoms. The van der Waals surface area contributed by atoms with E-state index in [9.17, 15) is 9.59 Å². The maximum absolute atomic E-state index is 10.6. The van der Waals surface area contributed by atoms with Gasteiger partial charge in [0.1, 0.15) is 0 Å². The van der Waals surface area contributed by atoms with Crippen LogP contribution in [0.1, 0.15) is 32.6 Å². The summed E-state index contributed by atoms with van der Waals surface area (Å²) < 4.78 is 0. The summed E-state index contributed by atoms with van der Waals surface area (Å²) in [5.41, 5.74) is 0.198. The minimum absolute atomic E-state index is 0.198. The van der Waals surface area contributed by atoms with Gasteiger partial charge in [-0.1, -0.05) is 19.4 Å². The van der Waals surface area contributed by atoms with Crippen molar-refractivity contribution in [2.24, 2.45) is 0 Å². The molecular formula is C9H14O4. The van der Waals surface area contributed by atoms with Crippen LogP contribution in [0.15, 0.2) is 11.6 Å². The predicted octanol–water partition coefficient (Wildman–Crippen LogP) is 1.66. The Balaban J connectivity index is 4.15. The number of unbranched alkanes of at least 4 members (excludes halogenated alkanes) is 1. The monoisotopic (exact) mass is 186 g/mol. The largest absolute Gasteiger partial charge is 0.481 e. The third kappa shape index (κ3) is 5.90. The SMILES string of the molecule is CCCC/C(=C\CC(=O)O)C(=O)O. The number of carboxylic acids is 2. The van der Waals surface area contributed by atoms with E-state index >= 15 is 0 Å². The summed E-state index contributed by atoms with van der Waals surface area (Å²) in [4.78, 5) is 20.7. The van der Waals surface area contributed by atoms with E-state index in [1.165, 1.54) is 6.08 Å². The lowest BCUT2D eigenvalue weighted by molar-refractivity contribution is -0.136. The first-order valence-corrected chi connectivity index (χ1v) is 4.22. The van der Waals surface area contributed by atoms with E-state index in [0.717, 1.165) is 12.8 Å². The lowest BCUT2D eigenvalue weighted by Crippen LogP contribution is -2.02. The standard InChI is InChI=1S/C9H14O4/c1-2-3-4-7(9(12)13)5-6-8(10)11/h5H,2-4,6H2,1H3,(H,10,11)(H,12,13)/b7-5+. The second kappa shape index (κ2) is 6.22. The topological polar surface area (TPSA) is 74.6 Å². The highest BCUT2D eigenvalue weighted by molar-refractivity contribution is 5.87. The second-order valence-electron chi connectivity index (χ2n) is 2.74. The lowest BCUT2D eigenvalue weighted by atomic mass is 10.1. The van der Waals surface area contributed by atoms with Gasteiger partial charge in [-0.25, -0.2) is 4.79 Å². The van der Waals surface area contributed by atoms with Crippen molar-refractivity contribution in [2.45, 2.75) is 32.6 Å². The van der Waals surface area contributed by atoms with E-state index in [0.29, 0.717) is 6.42 Å². The molecule has 4 nitrogen and oxygen atoms in total. The fourth-order valence-corrected chi connectivity index (χ4v) is 0.874. The van der Waals surface area contributed by atoms with Crippen molar-refractivity contribution in [3.63, 3.8) is 0 Å². The van der Waals surface area contributed by atoms with Crippen LogP contribution < -0.4 is 0 Å². The van der Waals surface area contributed by atoms with Crippen molar-refractivity contribution in [3.8, 4) is 0 Å².